The molecule has 0 bridgehead atoms. The number of amides is 2. The van der Waals surface area contributed by atoms with Crippen molar-refractivity contribution in [2.75, 3.05) is 19.8 Å². The van der Waals surface area contributed by atoms with Crippen molar-refractivity contribution in [2.24, 2.45) is 0 Å². The van der Waals surface area contributed by atoms with Gasteiger partial charge >= 0.3 is 0 Å². The second-order valence-electron chi connectivity index (χ2n) is 5.25. The highest BCUT2D eigenvalue weighted by molar-refractivity contribution is 6.42. The van der Waals surface area contributed by atoms with Crippen molar-refractivity contribution < 1.29 is 14.3 Å². The Morgan fingerprint density at radius 2 is 2.27 bits per heavy atom. The van der Waals surface area contributed by atoms with Crippen molar-refractivity contribution in [3.63, 3.8) is 0 Å². The average Bonchev–Trinajstić information content (AvgIpc) is 2.50. The van der Waals surface area contributed by atoms with Crippen molar-refractivity contribution >= 4 is 35.5 Å². The molecule has 1 fully saturated rings. The normalized spacial score (nSPS) is 19.6. The van der Waals surface area contributed by atoms with E-state index in [2.05, 4.69) is 5.32 Å². The number of carbonyl (C=O) groups excluding carboxylic acids is 2. The zero-order valence-corrected chi connectivity index (χ0v) is 13.7. The number of rotatable bonds is 5. The van der Waals surface area contributed by atoms with Crippen molar-refractivity contribution in [2.45, 2.75) is 25.4 Å². The number of nitrogens with one attached hydrogen (secondary N) is 1. The summed E-state index contributed by atoms with van der Waals surface area (Å²) in [5.41, 5.74) is 0.836. The lowest BCUT2D eigenvalue weighted by atomic mass is 10.0. The summed E-state index contributed by atoms with van der Waals surface area (Å²) in [7, 11) is 0. The highest BCUT2D eigenvalue weighted by atomic mass is 35.5. The molecule has 7 heteroatoms. The third kappa shape index (κ3) is 4.12. The third-order valence-corrected chi connectivity index (χ3v) is 4.38. The van der Waals surface area contributed by atoms with Gasteiger partial charge in [-0.1, -0.05) is 29.3 Å². The maximum Gasteiger partial charge on any atom is 0.245 e. The molecule has 1 aliphatic rings. The number of hydrogen-bond acceptors (Lipinski definition) is 3. The summed E-state index contributed by atoms with van der Waals surface area (Å²) in [6, 6.07) is 4.54. The van der Waals surface area contributed by atoms with Gasteiger partial charge in [0.2, 0.25) is 12.3 Å². The van der Waals surface area contributed by atoms with Gasteiger partial charge in [0, 0.05) is 13.0 Å². The van der Waals surface area contributed by atoms with Crippen LogP contribution in [-0.2, 0) is 20.7 Å². The summed E-state index contributed by atoms with van der Waals surface area (Å²) in [6.07, 6.45) is 0.906. The molecule has 0 aliphatic carbocycles. The second kappa shape index (κ2) is 7.81. The topological polar surface area (TPSA) is 58.6 Å². The third-order valence-electron chi connectivity index (χ3n) is 3.64. The Labute approximate surface area is 139 Å². The zero-order chi connectivity index (χ0) is 16.1. The van der Waals surface area contributed by atoms with Crippen LogP contribution in [0.25, 0.3) is 0 Å². The minimum absolute atomic E-state index is 0.00833. The number of halogens is 2. The second-order valence-corrected chi connectivity index (χ2v) is 6.06. The van der Waals surface area contributed by atoms with Crippen LogP contribution in [0.5, 0.6) is 0 Å². The summed E-state index contributed by atoms with van der Waals surface area (Å²) in [5.74, 6) is -0.117. The molecular weight excluding hydrogens is 327 g/mol. The van der Waals surface area contributed by atoms with Gasteiger partial charge in [-0.3, -0.25) is 9.59 Å². The highest BCUT2D eigenvalue weighted by Crippen LogP contribution is 2.23. The maximum absolute atomic E-state index is 12.6. The molecule has 0 aromatic heterocycles. The van der Waals surface area contributed by atoms with Crippen LogP contribution in [0.4, 0.5) is 0 Å². The van der Waals surface area contributed by atoms with Gasteiger partial charge in [-0.05, 0) is 24.6 Å². The van der Waals surface area contributed by atoms with E-state index >= 15 is 0 Å². The first-order valence-electron chi connectivity index (χ1n) is 7.04. The van der Waals surface area contributed by atoms with Gasteiger partial charge in [0.25, 0.3) is 0 Å². The fraction of sp³-hybridized carbons (Fsp3) is 0.467. The molecule has 2 rings (SSSR count). The molecule has 0 saturated carbocycles. The van der Waals surface area contributed by atoms with Crippen molar-refractivity contribution in [1.29, 1.82) is 0 Å². The van der Waals surface area contributed by atoms with E-state index in [4.69, 9.17) is 27.9 Å². The van der Waals surface area contributed by atoms with Crippen molar-refractivity contribution in [3.8, 4) is 0 Å². The average molecular weight is 345 g/mol. The van der Waals surface area contributed by atoms with Gasteiger partial charge < -0.3 is 15.0 Å². The molecule has 1 aromatic carbocycles. The van der Waals surface area contributed by atoms with Crippen LogP contribution in [0.3, 0.4) is 0 Å². The van der Waals surface area contributed by atoms with Crippen LogP contribution >= 0.6 is 23.2 Å². The molecule has 120 valence electrons. The van der Waals surface area contributed by atoms with Crippen LogP contribution in [0.2, 0.25) is 10.0 Å². The highest BCUT2D eigenvalue weighted by Gasteiger charge is 2.29. The van der Waals surface area contributed by atoms with Crippen LogP contribution in [0.15, 0.2) is 18.2 Å². The number of hydrogen-bond donors (Lipinski definition) is 1. The Balaban J connectivity index is 2.12. The van der Waals surface area contributed by atoms with E-state index in [-0.39, 0.29) is 11.9 Å². The molecule has 0 spiro atoms. The van der Waals surface area contributed by atoms with E-state index in [9.17, 15) is 9.59 Å². The fourth-order valence-corrected chi connectivity index (χ4v) is 2.78. The lowest BCUT2D eigenvalue weighted by molar-refractivity contribution is -0.142. The number of ether oxygens (including phenoxy) is 1. The maximum atomic E-state index is 12.6. The lowest BCUT2D eigenvalue weighted by Crippen LogP contribution is -2.54. The van der Waals surface area contributed by atoms with Crippen LogP contribution in [0.1, 0.15) is 12.5 Å². The van der Waals surface area contributed by atoms with E-state index < -0.39 is 6.04 Å². The minimum atomic E-state index is -0.629. The summed E-state index contributed by atoms with van der Waals surface area (Å²) in [6.45, 7) is 3.47. The van der Waals surface area contributed by atoms with E-state index in [1.165, 1.54) is 0 Å². The fourth-order valence-electron chi connectivity index (χ4n) is 2.46. The van der Waals surface area contributed by atoms with E-state index in [1.807, 2.05) is 6.92 Å². The van der Waals surface area contributed by atoms with Gasteiger partial charge in [-0.15, -0.1) is 0 Å². The standard InChI is InChI=1S/C15H18Cl2N2O3/c1-10-8-22-5-4-19(10)15(21)14(18-9-20)7-11-2-3-12(16)13(17)6-11/h2-3,6,9-10,14H,4-5,7-8H2,1H3,(H,18,20)/t10-,14-/m0/s1. The Bertz CT molecular complexity index is 554. The van der Waals surface area contributed by atoms with Gasteiger partial charge in [0.05, 0.1) is 29.3 Å². The SMILES string of the molecule is C[C@H]1COCCN1C(=O)[C@H](Cc1ccc(Cl)c(Cl)c1)NC=O. The number of benzene rings is 1. The zero-order valence-electron chi connectivity index (χ0n) is 12.2. The molecule has 22 heavy (non-hydrogen) atoms. The Morgan fingerprint density at radius 1 is 1.50 bits per heavy atom. The van der Waals surface area contributed by atoms with E-state index in [0.29, 0.717) is 42.6 Å². The summed E-state index contributed by atoms with van der Waals surface area (Å²) in [5, 5.41) is 3.48. The van der Waals surface area contributed by atoms with Crippen LogP contribution < -0.4 is 5.32 Å². The molecule has 5 nitrogen and oxygen atoms in total. The molecule has 1 heterocycles. The van der Waals surface area contributed by atoms with Gasteiger partial charge in [-0.2, -0.15) is 0 Å². The minimum Gasteiger partial charge on any atom is -0.377 e. The number of carbonyl (C=O) groups is 2. The lowest BCUT2D eigenvalue weighted by Gasteiger charge is -2.35. The monoisotopic (exact) mass is 344 g/mol. The summed E-state index contributed by atoms with van der Waals surface area (Å²) < 4.78 is 5.33. The number of nitrogens with zero attached hydrogens (tertiary/aromatic N) is 1. The van der Waals surface area contributed by atoms with Crippen LogP contribution in [-0.4, -0.2) is 49.1 Å². The van der Waals surface area contributed by atoms with Crippen LogP contribution in [0, 0.1) is 0 Å². The molecule has 0 radical (unpaired) electrons. The Morgan fingerprint density at radius 3 is 2.91 bits per heavy atom. The molecule has 1 aromatic rings. The summed E-state index contributed by atoms with van der Waals surface area (Å²) in [4.78, 5) is 25.2. The first kappa shape index (κ1) is 17.1. The predicted molar refractivity (Wildman–Crippen MR) is 85.1 cm³/mol. The first-order chi connectivity index (χ1) is 10.5. The van der Waals surface area contributed by atoms with Gasteiger partial charge in [0.15, 0.2) is 0 Å². The van der Waals surface area contributed by atoms with E-state index in [1.54, 1.807) is 23.1 Å². The Hall–Kier alpha value is -1.30. The van der Waals surface area contributed by atoms with Gasteiger partial charge in [0.1, 0.15) is 6.04 Å². The summed E-state index contributed by atoms with van der Waals surface area (Å²) >= 11 is 11.9. The Kier molecular flexibility index (Phi) is 6.06. The van der Waals surface area contributed by atoms with Gasteiger partial charge in [-0.25, -0.2) is 0 Å². The molecule has 1 aliphatic heterocycles. The molecule has 2 amide bonds. The van der Waals surface area contributed by atoms with Crippen molar-refractivity contribution in [3.05, 3.63) is 33.8 Å². The number of morpholine rings is 1. The smallest absolute Gasteiger partial charge is 0.245 e. The molecular formula is C15H18Cl2N2O3. The molecule has 0 unspecified atom stereocenters. The molecule has 1 saturated heterocycles. The largest absolute Gasteiger partial charge is 0.377 e. The molecule has 1 N–H and O–H groups in total. The van der Waals surface area contributed by atoms with Crippen molar-refractivity contribution in [1.82, 2.24) is 10.2 Å². The first-order valence-corrected chi connectivity index (χ1v) is 7.80. The van der Waals surface area contributed by atoms with E-state index in [0.717, 1.165) is 5.56 Å². The predicted octanol–water partition coefficient (Wildman–Crippen LogP) is 1.90. The quantitative estimate of drug-likeness (QED) is 0.830. The molecule has 2 atom stereocenters.